The average Bonchev–Trinajstić information content (AvgIpc) is 2.31. The van der Waals surface area contributed by atoms with E-state index in [1.807, 2.05) is 0 Å². The van der Waals surface area contributed by atoms with Crippen molar-refractivity contribution in [2.45, 2.75) is 51.8 Å². The highest BCUT2D eigenvalue weighted by molar-refractivity contribution is 5.30. The zero-order chi connectivity index (χ0) is 14.3. The topological polar surface area (TPSA) is 9.23 Å². The van der Waals surface area contributed by atoms with E-state index in [4.69, 9.17) is 0 Å². The molecule has 1 aromatic carbocycles. The average molecular weight is 278 g/mol. The third-order valence-electron chi connectivity index (χ3n) is 2.79. The van der Waals surface area contributed by atoms with E-state index in [1.165, 1.54) is 6.07 Å². The molecule has 1 rings (SSSR count). The van der Waals surface area contributed by atoms with Crippen LogP contribution in [0.2, 0.25) is 0 Å². The van der Waals surface area contributed by atoms with E-state index in [2.05, 4.69) is 11.7 Å². The zero-order valence-corrected chi connectivity index (χ0v) is 10.9. The molecule has 0 aliphatic carbocycles. The molecular weight excluding hydrogens is 260 g/mol. The zero-order valence-electron chi connectivity index (χ0n) is 10.9. The van der Waals surface area contributed by atoms with Crippen molar-refractivity contribution in [3.63, 3.8) is 0 Å². The number of aryl methyl sites for hydroxylation is 1. The third-order valence-corrected chi connectivity index (χ3v) is 2.79. The summed E-state index contributed by atoms with van der Waals surface area (Å²) < 4.78 is 53.0. The van der Waals surface area contributed by atoms with Gasteiger partial charge >= 0.3 is 6.36 Å². The molecule has 0 spiro atoms. The molecule has 108 valence electrons. The highest BCUT2D eigenvalue weighted by Gasteiger charge is 2.32. The Morgan fingerprint density at radius 2 is 1.74 bits per heavy atom. The molecule has 0 atom stereocenters. The summed E-state index contributed by atoms with van der Waals surface area (Å²) in [5.74, 6) is -1.74. The summed E-state index contributed by atoms with van der Waals surface area (Å²) in [5.41, 5.74) is 0.664. The molecule has 0 heterocycles. The van der Waals surface area contributed by atoms with Gasteiger partial charge in [0.15, 0.2) is 11.6 Å². The maximum Gasteiger partial charge on any atom is 0.573 e. The van der Waals surface area contributed by atoms with Crippen molar-refractivity contribution in [3.05, 3.63) is 29.6 Å². The van der Waals surface area contributed by atoms with Gasteiger partial charge in [0.25, 0.3) is 0 Å². The first-order valence-electron chi connectivity index (χ1n) is 6.46. The summed E-state index contributed by atoms with van der Waals surface area (Å²) in [4.78, 5) is 0. The van der Waals surface area contributed by atoms with Crippen LogP contribution in [0.15, 0.2) is 18.2 Å². The summed E-state index contributed by atoms with van der Waals surface area (Å²) in [6.45, 7) is 2.11. The Morgan fingerprint density at radius 3 is 2.37 bits per heavy atom. The minimum Gasteiger partial charge on any atom is -0.403 e. The monoisotopic (exact) mass is 278 g/mol. The van der Waals surface area contributed by atoms with Crippen LogP contribution in [0.4, 0.5) is 17.6 Å². The van der Waals surface area contributed by atoms with Gasteiger partial charge in [-0.25, -0.2) is 4.39 Å². The molecule has 0 radical (unpaired) electrons. The first kappa shape index (κ1) is 15.8. The fourth-order valence-electron chi connectivity index (χ4n) is 1.84. The third kappa shape index (κ3) is 6.45. The Labute approximate surface area is 110 Å². The predicted molar refractivity (Wildman–Crippen MR) is 65.5 cm³/mol. The second-order valence-corrected chi connectivity index (χ2v) is 4.48. The summed E-state index contributed by atoms with van der Waals surface area (Å²) in [7, 11) is 0. The number of unbranched alkanes of at least 4 members (excludes halogenated alkanes) is 4. The number of rotatable bonds is 7. The molecule has 1 aromatic rings. The van der Waals surface area contributed by atoms with E-state index in [-0.39, 0.29) is 0 Å². The van der Waals surface area contributed by atoms with Gasteiger partial charge in [-0.2, -0.15) is 0 Å². The normalized spacial score (nSPS) is 11.6. The van der Waals surface area contributed by atoms with Crippen LogP contribution in [-0.4, -0.2) is 6.36 Å². The van der Waals surface area contributed by atoms with Gasteiger partial charge in [-0.3, -0.25) is 0 Å². The molecule has 0 bridgehead atoms. The van der Waals surface area contributed by atoms with Gasteiger partial charge in [0.1, 0.15) is 0 Å². The van der Waals surface area contributed by atoms with Gasteiger partial charge in [0.2, 0.25) is 0 Å². The Hall–Kier alpha value is -1.26. The van der Waals surface area contributed by atoms with Crippen molar-refractivity contribution in [3.8, 4) is 5.75 Å². The molecule has 0 saturated carbocycles. The van der Waals surface area contributed by atoms with Crippen LogP contribution in [0.5, 0.6) is 5.75 Å². The van der Waals surface area contributed by atoms with Crippen molar-refractivity contribution in [1.29, 1.82) is 0 Å². The van der Waals surface area contributed by atoms with Crippen LogP contribution < -0.4 is 4.74 Å². The molecule has 0 aliphatic heterocycles. The van der Waals surface area contributed by atoms with Gasteiger partial charge in [0.05, 0.1) is 0 Å². The molecule has 0 aliphatic rings. The van der Waals surface area contributed by atoms with E-state index in [9.17, 15) is 17.6 Å². The summed E-state index contributed by atoms with van der Waals surface area (Å²) in [6.07, 6.45) is 1.10. The summed E-state index contributed by atoms with van der Waals surface area (Å²) in [5, 5.41) is 0. The lowest BCUT2D eigenvalue weighted by Crippen LogP contribution is -2.18. The van der Waals surface area contributed by atoms with Crippen molar-refractivity contribution in [2.24, 2.45) is 0 Å². The van der Waals surface area contributed by atoms with Gasteiger partial charge in [-0.15, -0.1) is 13.2 Å². The van der Waals surface area contributed by atoms with E-state index in [0.29, 0.717) is 12.0 Å². The predicted octanol–water partition coefficient (Wildman–Crippen LogP) is 5.24. The van der Waals surface area contributed by atoms with Crippen molar-refractivity contribution in [2.75, 3.05) is 0 Å². The van der Waals surface area contributed by atoms with Crippen LogP contribution in [-0.2, 0) is 6.42 Å². The van der Waals surface area contributed by atoms with Crippen LogP contribution in [0, 0.1) is 5.82 Å². The van der Waals surface area contributed by atoms with E-state index in [0.717, 1.165) is 44.2 Å². The summed E-state index contributed by atoms with van der Waals surface area (Å²) >= 11 is 0. The second kappa shape index (κ2) is 7.36. The fraction of sp³-hybridized carbons (Fsp3) is 0.571. The van der Waals surface area contributed by atoms with Crippen LogP contribution >= 0.6 is 0 Å². The van der Waals surface area contributed by atoms with Crippen molar-refractivity contribution in [1.82, 2.24) is 0 Å². The fourth-order valence-corrected chi connectivity index (χ4v) is 1.84. The highest BCUT2D eigenvalue weighted by Crippen LogP contribution is 2.27. The van der Waals surface area contributed by atoms with Crippen LogP contribution in [0.3, 0.4) is 0 Å². The lowest BCUT2D eigenvalue weighted by Gasteiger charge is -2.11. The molecular formula is C14H18F4O. The Kier molecular flexibility index (Phi) is 6.12. The van der Waals surface area contributed by atoms with Crippen LogP contribution in [0.1, 0.15) is 44.6 Å². The van der Waals surface area contributed by atoms with Gasteiger partial charge in [-0.05, 0) is 30.5 Å². The maximum atomic E-state index is 13.2. The van der Waals surface area contributed by atoms with Gasteiger partial charge in [-0.1, -0.05) is 38.7 Å². The number of alkyl halides is 3. The largest absolute Gasteiger partial charge is 0.573 e. The molecule has 19 heavy (non-hydrogen) atoms. The number of hydrogen-bond acceptors (Lipinski definition) is 1. The van der Waals surface area contributed by atoms with Crippen molar-refractivity contribution >= 4 is 0 Å². The molecule has 1 nitrogen and oxygen atoms in total. The molecule has 0 saturated heterocycles. The molecule has 0 aromatic heterocycles. The van der Waals surface area contributed by atoms with Gasteiger partial charge in [0, 0.05) is 0 Å². The summed E-state index contributed by atoms with van der Waals surface area (Å²) in [6, 6.07) is 3.64. The minimum atomic E-state index is -4.86. The Bertz CT molecular complexity index is 388. The number of hydrogen-bond donors (Lipinski definition) is 0. The number of halogens is 4. The van der Waals surface area contributed by atoms with Crippen LogP contribution in [0.25, 0.3) is 0 Å². The molecule has 0 fully saturated rings. The molecule has 5 heteroatoms. The first-order chi connectivity index (χ1) is 8.92. The SMILES string of the molecule is CCCCCCCc1ccc(F)c(OC(F)(F)F)c1. The standard InChI is InChI=1S/C14H18F4O/c1-2-3-4-5-6-7-11-8-9-12(15)13(10-11)19-14(16,17)18/h8-10H,2-7H2,1H3. The lowest BCUT2D eigenvalue weighted by atomic mass is 10.1. The van der Waals surface area contributed by atoms with E-state index >= 15 is 0 Å². The Morgan fingerprint density at radius 1 is 1.05 bits per heavy atom. The second-order valence-electron chi connectivity index (χ2n) is 4.48. The van der Waals surface area contributed by atoms with E-state index < -0.39 is 17.9 Å². The lowest BCUT2D eigenvalue weighted by molar-refractivity contribution is -0.275. The highest BCUT2D eigenvalue weighted by atomic mass is 19.4. The number of benzene rings is 1. The van der Waals surface area contributed by atoms with Gasteiger partial charge < -0.3 is 4.74 Å². The number of ether oxygens (including phenoxy) is 1. The molecule has 0 amide bonds. The molecule has 0 unspecified atom stereocenters. The maximum absolute atomic E-state index is 13.2. The van der Waals surface area contributed by atoms with E-state index in [1.54, 1.807) is 0 Å². The molecule has 0 N–H and O–H groups in total. The quantitative estimate of drug-likeness (QED) is 0.489. The Balaban J connectivity index is 2.53. The smallest absolute Gasteiger partial charge is 0.403 e. The first-order valence-corrected chi connectivity index (χ1v) is 6.46. The minimum absolute atomic E-state index is 0.637. The van der Waals surface area contributed by atoms with Crippen molar-refractivity contribution < 1.29 is 22.3 Å².